The molecule has 23 atom stereocenters. The SMILES string of the molecule is C[C@@H]1O[C@H](OC[C@H]2O[C@H](OC3CC4C(O)CC(O)CC4OC3C3CCC(O)C(O)C3)[C@@H](O[C@@H]3OC[C@H](O)[C@@H](O)[C@@H]3O)[C@H](O)[C@H]2O)[C@@H](O)[C@@H](O)[C@@H]1O. The molecule has 51 heavy (non-hydrogen) atoms. The van der Waals surface area contributed by atoms with Crippen molar-refractivity contribution in [2.24, 2.45) is 11.8 Å². The van der Waals surface area contributed by atoms with E-state index in [1.807, 2.05) is 0 Å². The van der Waals surface area contributed by atoms with Crippen LogP contribution in [0.15, 0.2) is 0 Å². The van der Waals surface area contributed by atoms with Gasteiger partial charge in [0.05, 0.1) is 62.0 Å². The molecule has 4 aliphatic heterocycles. The molecule has 0 spiro atoms. The third-order valence-electron chi connectivity index (χ3n) is 11.4. The normalized spacial score (nSPS) is 55.6. The van der Waals surface area contributed by atoms with Gasteiger partial charge in [0.1, 0.15) is 61.0 Å². The second-order valence-corrected chi connectivity index (χ2v) is 15.0. The molecule has 0 aromatic carbocycles. The van der Waals surface area contributed by atoms with Crippen LogP contribution in [0.5, 0.6) is 0 Å². The molecular weight excluding hydrogens is 688 g/mol. The first kappa shape index (κ1) is 39.9. The van der Waals surface area contributed by atoms with Crippen molar-refractivity contribution in [1.29, 1.82) is 0 Å². The maximum absolute atomic E-state index is 11.4. The van der Waals surface area contributed by atoms with Gasteiger partial charge in [0, 0.05) is 5.92 Å². The van der Waals surface area contributed by atoms with Gasteiger partial charge in [0.15, 0.2) is 18.9 Å². The summed E-state index contributed by atoms with van der Waals surface area (Å²) >= 11 is 0. The molecule has 4 saturated heterocycles. The molecule has 0 amide bonds. The Balaban J connectivity index is 1.25. The Morgan fingerprint density at radius 1 is 0.569 bits per heavy atom. The molecule has 0 aromatic rings. The zero-order chi connectivity index (χ0) is 36.9. The molecule has 19 nitrogen and oxygen atoms in total. The molecule has 0 bridgehead atoms. The van der Waals surface area contributed by atoms with Crippen molar-refractivity contribution in [2.45, 2.75) is 174 Å². The predicted molar refractivity (Wildman–Crippen MR) is 164 cm³/mol. The third-order valence-corrected chi connectivity index (χ3v) is 11.4. The summed E-state index contributed by atoms with van der Waals surface area (Å²) < 4.78 is 41.5. The van der Waals surface area contributed by atoms with Gasteiger partial charge in [-0.25, -0.2) is 0 Å². The second kappa shape index (κ2) is 16.5. The highest BCUT2D eigenvalue weighted by Crippen LogP contribution is 2.44. The van der Waals surface area contributed by atoms with Crippen molar-refractivity contribution in [1.82, 2.24) is 0 Å². The van der Waals surface area contributed by atoms with Crippen LogP contribution in [0.3, 0.4) is 0 Å². The Hall–Kier alpha value is -0.760. The average Bonchev–Trinajstić information content (AvgIpc) is 3.09. The van der Waals surface area contributed by atoms with Crippen LogP contribution in [0.25, 0.3) is 0 Å². The summed E-state index contributed by atoms with van der Waals surface area (Å²) in [6, 6.07) is 0. The molecule has 19 heteroatoms. The fourth-order valence-corrected chi connectivity index (χ4v) is 8.27. The molecule has 6 fully saturated rings. The van der Waals surface area contributed by atoms with Crippen molar-refractivity contribution in [3.05, 3.63) is 0 Å². The van der Waals surface area contributed by atoms with E-state index in [9.17, 15) is 61.3 Å². The average molecular weight is 743 g/mol. The lowest BCUT2D eigenvalue weighted by Gasteiger charge is -2.51. The fourth-order valence-electron chi connectivity index (χ4n) is 8.27. The molecule has 6 rings (SSSR count). The molecule has 2 saturated carbocycles. The number of ether oxygens (including phenoxy) is 7. The summed E-state index contributed by atoms with van der Waals surface area (Å²) in [5.74, 6) is -0.836. The number of rotatable bonds is 8. The van der Waals surface area contributed by atoms with Crippen LogP contribution in [-0.4, -0.2) is 203 Å². The smallest absolute Gasteiger partial charge is 0.187 e. The first-order chi connectivity index (χ1) is 24.1. The van der Waals surface area contributed by atoms with Crippen molar-refractivity contribution in [3.63, 3.8) is 0 Å². The molecule has 296 valence electrons. The van der Waals surface area contributed by atoms with E-state index in [2.05, 4.69) is 0 Å². The minimum absolute atomic E-state index is 0.108. The van der Waals surface area contributed by atoms with Gasteiger partial charge in [-0.3, -0.25) is 0 Å². The topological polar surface area (TPSA) is 307 Å². The first-order valence-corrected chi connectivity index (χ1v) is 17.8. The largest absolute Gasteiger partial charge is 0.393 e. The Morgan fingerprint density at radius 3 is 2.02 bits per heavy atom. The third kappa shape index (κ3) is 8.42. The van der Waals surface area contributed by atoms with E-state index in [4.69, 9.17) is 33.2 Å². The van der Waals surface area contributed by atoms with Crippen molar-refractivity contribution < 1.29 is 94.4 Å². The van der Waals surface area contributed by atoms with E-state index < -0.39 is 148 Å². The van der Waals surface area contributed by atoms with Crippen LogP contribution < -0.4 is 0 Å². The number of aliphatic hydroxyl groups excluding tert-OH is 12. The van der Waals surface area contributed by atoms with Gasteiger partial charge in [-0.2, -0.15) is 0 Å². The highest BCUT2D eigenvalue weighted by Gasteiger charge is 2.54. The lowest BCUT2D eigenvalue weighted by molar-refractivity contribution is -0.376. The Bertz CT molecular complexity index is 1120. The molecule has 9 unspecified atom stereocenters. The molecule has 0 aromatic heterocycles. The van der Waals surface area contributed by atoms with Gasteiger partial charge in [-0.1, -0.05) is 0 Å². The Morgan fingerprint density at radius 2 is 1.29 bits per heavy atom. The van der Waals surface area contributed by atoms with E-state index in [-0.39, 0.29) is 38.0 Å². The maximum Gasteiger partial charge on any atom is 0.187 e. The summed E-state index contributed by atoms with van der Waals surface area (Å²) in [6.07, 6.45) is -26.2. The second-order valence-electron chi connectivity index (χ2n) is 15.0. The van der Waals surface area contributed by atoms with Crippen LogP contribution in [0, 0.1) is 11.8 Å². The molecule has 12 N–H and O–H groups in total. The lowest BCUT2D eigenvalue weighted by Crippen LogP contribution is -2.65. The zero-order valence-electron chi connectivity index (χ0n) is 28.2. The first-order valence-electron chi connectivity index (χ1n) is 17.8. The van der Waals surface area contributed by atoms with Gasteiger partial charge >= 0.3 is 0 Å². The Labute approximate surface area is 293 Å². The highest BCUT2D eigenvalue weighted by atomic mass is 16.8. The standard InChI is InChI=1S/C32H54O19/c1-10-21(38)24(41)27(44)30(47-10)46-9-20-23(40)25(42)29(51-31-26(43)22(39)17(37)8-45-31)32(50-20)49-19-7-13-15(35)5-12(33)6-18(13)48-28(19)11-2-3-14(34)16(36)4-11/h10-44H,2-9H2,1H3/t10-,11?,12?,13?,14?,15?,16?,17-,18?,19?,20+,21+,22+,23-,24-,25+,26-,27-,28?,29-,30-,31-,32-/m0/s1. The number of fused-ring (bicyclic) bond motifs is 1. The molecule has 2 aliphatic carbocycles. The van der Waals surface area contributed by atoms with E-state index in [0.29, 0.717) is 6.42 Å². The van der Waals surface area contributed by atoms with Gasteiger partial charge in [-0.05, 0) is 51.4 Å². The molecule has 6 aliphatic rings. The van der Waals surface area contributed by atoms with Crippen LogP contribution in [0.1, 0.15) is 45.4 Å². The summed E-state index contributed by atoms with van der Waals surface area (Å²) in [4.78, 5) is 0. The minimum atomic E-state index is -1.82. The summed E-state index contributed by atoms with van der Waals surface area (Å²) in [5.41, 5.74) is 0. The number of hydrogen-bond acceptors (Lipinski definition) is 19. The zero-order valence-corrected chi connectivity index (χ0v) is 28.2. The van der Waals surface area contributed by atoms with Crippen LogP contribution in [-0.2, 0) is 33.2 Å². The van der Waals surface area contributed by atoms with Crippen molar-refractivity contribution in [3.8, 4) is 0 Å². The van der Waals surface area contributed by atoms with Crippen LogP contribution in [0.2, 0.25) is 0 Å². The lowest BCUT2D eigenvalue weighted by atomic mass is 9.72. The quantitative estimate of drug-likeness (QED) is 0.110. The van der Waals surface area contributed by atoms with Crippen molar-refractivity contribution >= 4 is 0 Å². The maximum atomic E-state index is 11.4. The van der Waals surface area contributed by atoms with E-state index in [0.717, 1.165) is 0 Å². The van der Waals surface area contributed by atoms with Crippen LogP contribution >= 0.6 is 0 Å². The summed E-state index contributed by atoms with van der Waals surface area (Å²) in [7, 11) is 0. The van der Waals surface area contributed by atoms with Gasteiger partial charge in [0.25, 0.3) is 0 Å². The monoisotopic (exact) mass is 742 g/mol. The van der Waals surface area contributed by atoms with Crippen molar-refractivity contribution in [2.75, 3.05) is 13.2 Å². The van der Waals surface area contributed by atoms with Gasteiger partial charge in [-0.15, -0.1) is 0 Å². The Kier molecular flexibility index (Phi) is 12.9. The molecule has 0 radical (unpaired) electrons. The fraction of sp³-hybridized carbons (Fsp3) is 1.00. The molecule has 4 heterocycles. The van der Waals surface area contributed by atoms with E-state index >= 15 is 0 Å². The predicted octanol–water partition coefficient (Wildman–Crippen LogP) is -5.70. The van der Waals surface area contributed by atoms with Gasteiger partial charge in [0.2, 0.25) is 0 Å². The van der Waals surface area contributed by atoms with Gasteiger partial charge < -0.3 is 94.4 Å². The van der Waals surface area contributed by atoms with Crippen LogP contribution in [0.4, 0.5) is 0 Å². The number of aliphatic hydroxyl groups is 12. The summed E-state index contributed by atoms with van der Waals surface area (Å²) in [6.45, 7) is 0.494. The minimum Gasteiger partial charge on any atom is -0.393 e. The highest BCUT2D eigenvalue weighted by molar-refractivity contribution is 5.00. The number of hydrogen-bond donors (Lipinski definition) is 12. The van der Waals surface area contributed by atoms with E-state index in [1.165, 1.54) is 6.92 Å². The van der Waals surface area contributed by atoms with E-state index in [1.54, 1.807) is 0 Å². The molecular formula is C32H54O19. The summed E-state index contributed by atoms with van der Waals surface area (Å²) in [5, 5.41) is 126.